The minimum absolute atomic E-state index is 0.384. The second-order valence-corrected chi connectivity index (χ2v) is 4.70. The van der Waals surface area contributed by atoms with Crippen molar-refractivity contribution in [2.75, 3.05) is 0 Å². The van der Waals surface area contributed by atoms with Crippen LogP contribution in [0.4, 0.5) is 0 Å². The lowest BCUT2D eigenvalue weighted by Crippen LogP contribution is -2.05. The minimum Gasteiger partial charge on any atom is -0.436 e. The summed E-state index contributed by atoms with van der Waals surface area (Å²) in [5, 5.41) is 9.57. The molecule has 96 valence electrons. The van der Waals surface area contributed by atoms with Gasteiger partial charge in [0.25, 0.3) is 0 Å². The Hall–Kier alpha value is -2.13. The minimum atomic E-state index is -0.384. The van der Waals surface area contributed by atoms with Gasteiger partial charge in [0, 0.05) is 5.56 Å². The third-order valence-electron chi connectivity index (χ3n) is 3.06. The molecule has 0 bridgehead atoms. The Morgan fingerprint density at radius 2 is 1.84 bits per heavy atom. The van der Waals surface area contributed by atoms with Crippen molar-refractivity contribution in [2.24, 2.45) is 0 Å². The van der Waals surface area contributed by atoms with Crippen LogP contribution >= 0.6 is 0 Å². The summed E-state index contributed by atoms with van der Waals surface area (Å²) >= 11 is 0. The molecule has 3 nitrogen and oxygen atoms in total. The van der Waals surface area contributed by atoms with Gasteiger partial charge in [-0.05, 0) is 37.1 Å². The number of hydrogen-bond donors (Lipinski definition) is 1. The van der Waals surface area contributed by atoms with E-state index in [1.54, 1.807) is 6.92 Å². The largest absolute Gasteiger partial charge is 0.436 e. The van der Waals surface area contributed by atoms with E-state index in [2.05, 4.69) is 4.98 Å². The molecule has 1 atom stereocenters. The summed E-state index contributed by atoms with van der Waals surface area (Å²) in [5.74, 6) is 0.609. The van der Waals surface area contributed by atoms with E-state index in [9.17, 15) is 5.11 Å². The maximum atomic E-state index is 9.57. The van der Waals surface area contributed by atoms with Crippen LogP contribution in [0.15, 0.2) is 52.9 Å². The number of hydrogen-bond acceptors (Lipinski definition) is 3. The Morgan fingerprint density at radius 1 is 1.11 bits per heavy atom. The number of aliphatic hydroxyl groups excluding tert-OH is 1. The SMILES string of the molecule is CC(O)Cc1ccccc1-c1nc2ccccc2o1. The number of nitrogens with zero attached hydrogens (tertiary/aromatic N) is 1. The Kier molecular flexibility index (Phi) is 3.05. The van der Waals surface area contributed by atoms with Gasteiger partial charge in [0.1, 0.15) is 5.52 Å². The lowest BCUT2D eigenvalue weighted by molar-refractivity contribution is 0.195. The highest BCUT2D eigenvalue weighted by Crippen LogP contribution is 2.27. The third kappa shape index (κ3) is 2.37. The normalized spacial score (nSPS) is 12.7. The number of benzene rings is 2. The second kappa shape index (κ2) is 4.86. The second-order valence-electron chi connectivity index (χ2n) is 4.70. The average Bonchev–Trinajstić information content (AvgIpc) is 2.82. The summed E-state index contributed by atoms with van der Waals surface area (Å²) in [7, 11) is 0. The van der Waals surface area contributed by atoms with Crippen molar-refractivity contribution in [1.29, 1.82) is 0 Å². The fourth-order valence-corrected chi connectivity index (χ4v) is 2.21. The zero-order valence-electron chi connectivity index (χ0n) is 10.7. The van der Waals surface area contributed by atoms with Crippen LogP contribution in [0.3, 0.4) is 0 Å². The van der Waals surface area contributed by atoms with Crippen LogP contribution < -0.4 is 0 Å². The van der Waals surface area contributed by atoms with Crippen molar-refractivity contribution < 1.29 is 9.52 Å². The molecule has 0 aliphatic carbocycles. The highest BCUT2D eigenvalue weighted by molar-refractivity contribution is 5.76. The molecule has 0 aliphatic rings. The van der Waals surface area contributed by atoms with Gasteiger partial charge in [-0.25, -0.2) is 4.98 Å². The van der Waals surface area contributed by atoms with E-state index in [-0.39, 0.29) is 6.10 Å². The summed E-state index contributed by atoms with van der Waals surface area (Å²) in [4.78, 5) is 4.50. The zero-order chi connectivity index (χ0) is 13.2. The first-order valence-corrected chi connectivity index (χ1v) is 6.36. The van der Waals surface area contributed by atoms with Crippen LogP contribution in [0.5, 0.6) is 0 Å². The van der Waals surface area contributed by atoms with E-state index in [0.29, 0.717) is 12.3 Å². The summed E-state index contributed by atoms with van der Waals surface area (Å²) in [6.07, 6.45) is 0.208. The molecule has 1 aromatic heterocycles. The zero-order valence-corrected chi connectivity index (χ0v) is 10.7. The fourth-order valence-electron chi connectivity index (χ4n) is 2.21. The van der Waals surface area contributed by atoms with Crippen molar-refractivity contribution in [1.82, 2.24) is 4.98 Å². The first-order chi connectivity index (χ1) is 9.24. The van der Waals surface area contributed by atoms with Crippen molar-refractivity contribution >= 4 is 11.1 Å². The molecule has 2 aromatic carbocycles. The lowest BCUT2D eigenvalue weighted by Gasteiger charge is -2.08. The van der Waals surface area contributed by atoms with Crippen molar-refractivity contribution in [3.63, 3.8) is 0 Å². The first-order valence-electron chi connectivity index (χ1n) is 6.36. The number of aromatic nitrogens is 1. The Morgan fingerprint density at radius 3 is 2.63 bits per heavy atom. The highest BCUT2D eigenvalue weighted by atomic mass is 16.3. The molecule has 0 saturated carbocycles. The maximum Gasteiger partial charge on any atom is 0.227 e. The average molecular weight is 253 g/mol. The third-order valence-corrected chi connectivity index (χ3v) is 3.06. The number of fused-ring (bicyclic) bond motifs is 1. The van der Waals surface area contributed by atoms with Crippen molar-refractivity contribution in [2.45, 2.75) is 19.4 Å². The summed E-state index contributed by atoms with van der Waals surface area (Å²) in [5.41, 5.74) is 3.62. The van der Waals surface area contributed by atoms with Crippen molar-refractivity contribution in [3.05, 3.63) is 54.1 Å². The maximum absolute atomic E-state index is 9.57. The first kappa shape index (κ1) is 11.9. The van der Waals surface area contributed by atoms with Gasteiger partial charge < -0.3 is 9.52 Å². The van der Waals surface area contributed by atoms with Gasteiger partial charge in [-0.1, -0.05) is 30.3 Å². The standard InChI is InChI=1S/C16H15NO2/c1-11(18)10-12-6-2-3-7-13(12)16-17-14-8-4-5-9-15(14)19-16/h2-9,11,18H,10H2,1H3. The monoisotopic (exact) mass is 253 g/mol. The molecule has 3 rings (SSSR count). The quantitative estimate of drug-likeness (QED) is 0.778. The topological polar surface area (TPSA) is 46.3 Å². The fraction of sp³-hybridized carbons (Fsp3) is 0.188. The molecule has 1 unspecified atom stereocenters. The number of rotatable bonds is 3. The molecule has 0 spiro atoms. The van der Waals surface area contributed by atoms with Crippen LogP contribution in [0, 0.1) is 0 Å². The molecule has 1 N–H and O–H groups in total. The summed E-state index contributed by atoms with van der Waals surface area (Å²) in [6, 6.07) is 15.6. The lowest BCUT2D eigenvalue weighted by atomic mass is 10.0. The van der Waals surface area contributed by atoms with Gasteiger partial charge in [0.05, 0.1) is 6.10 Å². The predicted molar refractivity (Wildman–Crippen MR) is 74.8 cm³/mol. The number of aliphatic hydroxyl groups is 1. The molecule has 3 heteroatoms. The van der Waals surface area contributed by atoms with E-state index < -0.39 is 0 Å². The van der Waals surface area contributed by atoms with Crippen LogP contribution in [0.1, 0.15) is 12.5 Å². The number of oxazole rings is 1. The van der Waals surface area contributed by atoms with E-state index in [0.717, 1.165) is 22.2 Å². The molecular weight excluding hydrogens is 238 g/mol. The van der Waals surface area contributed by atoms with Crippen molar-refractivity contribution in [3.8, 4) is 11.5 Å². The van der Waals surface area contributed by atoms with Gasteiger partial charge in [-0.2, -0.15) is 0 Å². The molecule has 3 aromatic rings. The molecule has 0 fully saturated rings. The van der Waals surface area contributed by atoms with Gasteiger partial charge in [-0.15, -0.1) is 0 Å². The molecule has 0 amide bonds. The highest BCUT2D eigenvalue weighted by Gasteiger charge is 2.12. The van der Waals surface area contributed by atoms with Crippen LogP contribution in [0.25, 0.3) is 22.6 Å². The summed E-state index contributed by atoms with van der Waals surface area (Å²) in [6.45, 7) is 1.78. The van der Waals surface area contributed by atoms with E-state index in [1.807, 2.05) is 48.5 Å². The molecular formula is C16H15NO2. The van der Waals surface area contributed by atoms with E-state index in [4.69, 9.17) is 4.42 Å². The molecule has 19 heavy (non-hydrogen) atoms. The predicted octanol–water partition coefficient (Wildman–Crippen LogP) is 3.42. The van der Waals surface area contributed by atoms with Crippen LogP contribution in [0.2, 0.25) is 0 Å². The van der Waals surface area contributed by atoms with Gasteiger partial charge in [-0.3, -0.25) is 0 Å². The van der Waals surface area contributed by atoms with E-state index in [1.165, 1.54) is 0 Å². The summed E-state index contributed by atoms with van der Waals surface area (Å²) < 4.78 is 5.78. The molecule has 1 heterocycles. The van der Waals surface area contributed by atoms with Crippen LogP contribution in [-0.2, 0) is 6.42 Å². The molecule has 0 radical (unpaired) electrons. The van der Waals surface area contributed by atoms with Crippen LogP contribution in [-0.4, -0.2) is 16.2 Å². The van der Waals surface area contributed by atoms with E-state index >= 15 is 0 Å². The Bertz CT molecular complexity index is 668. The number of para-hydroxylation sites is 2. The molecule has 0 aliphatic heterocycles. The van der Waals surface area contributed by atoms with Gasteiger partial charge in [0.15, 0.2) is 5.58 Å². The van der Waals surface area contributed by atoms with Gasteiger partial charge in [0.2, 0.25) is 5.89 Å². The Labute approximate surface area is 111 Å². The smallest absolute Gasteiger partial charge is 0.227 e. The van der Waals surface area contributed by atoms with Gasteiger partial charge >= 0.3 is 0 Å². The Balaban J connectivity index is 2.10. The molecule has 0 saturated heterocycles.